The fourth-order valence-corrected chi connectivity index (χ4v) is 3.38. The molecule has 6 heteroatoms. The average molecular weight is 337 g/mol. The molecular formula is C16H21ClN4S. The Kier molecular flexibility index (Phi) is 6.36. The van der Waals surface area contributed by atoms with Crippen LogP contribution in [0.4, 0.5) is 5.13 Å². The monoisotopic (exact) mass is 336 g/mol. The zero-order chi connectivity index (χ0) is 14.5. The number of hydrogen-bond donors (Lipinski definition) is 2. The van der Waals surface area contributed by atoms with E-state index < -0.39 is 0 Å². The van der Waals surface area contributed by atoms with Gasteiger partial charge in [-0.3, -0.25) is 0 Å². The van der Waals surface area contributed by atoms with E-state index in [4.69, 9.17) is 5.73 Å². The summed E-state index contributed by atoms with van der Waals surface area (Å²) in [5.41, 5.74) is 8.41. The predicted molar refractivity (Wildman–Crippen MR) is 95.3 cm³/mol. The lowest BCUT2D eigenvalue weighted by molar-refractivity contribution is 0.485. The summed E-state index contributed by atoms with van der Waals surface area (Å²) in [6.45, 7) is 0.959. The molecule has 3 rings (SSSR count). The van der Waals surface area contributed by atoms with Crippen molar-refractivity contribution in [1.82, 2.24) is 15.5 Å². The molecule has 1 aromatic heterocycles. The lowest BCUT2D eigenvalue weighted by Gasteiger charge is -2.24. The van der Waals surface area contributed by atoms with Crippen LogP contribution in [0.25, 0.3) is 5.57 Å². The molecule has 1 aliphatic heterocycles. The molecule has 0 aliphatic carbocycles. The van der Waals surface area contributed by atoms with Gasteiger partial charge in [0.15, 0.2) is 0 Å². The highest BCUT2D eigenvalue weighted by molar-refractivity contribution is 7.15. The molecule has 0 amide bonds. The molecule has 118 valence electrons. The van der Waals surface area contributed by atoms with E-state index in [2.05, 4.69) is 51.9 Å². The highest BCUT2D eigenvalue weighted by atomic mass is 35.5. The highest BCUT2D eigenvalue weighted by Gasteiger charge is 2.15. The molecule has 0 saturated carbocycles. The summed E-state index contributed by atoms with van der Waals surface area (Å²) < 4.78 is 0. The zero-order valence-corrected chi connectivity index (χ0v) is 14.0. The maximum Gasteiger partial charge on any atom is 0.203 e. The summed E-state index contributed by atoms with van der Waals surface area (Å²) >= 11 is 1.50. The summed E-state index contributed by atoms with van der Waals surface area (Å²) in [5, 5.41) is 13.1. The fourth-order valence-electron chi connectivity index (χ4n) is 2.73. The SMILES string of the molecule is Cl.Nc1nnc(CCCC2CC(c3ccccc3)=CCN2)s1. The van der Waals surface area contributed by atoms with Gasteiger partial charge in [-0.25, -0.2) is 0 Å². The van der Waals surface area contributed by atoms with Gasteiger partial charge in [-0.05, 0) is 30.4 Å². The Hall–Kier alpha value is -1.43. The second-order valence-electron chi connectivity index (χ2n) is 5.33. The van der Waals surface area contributed by atoms with E-state index in [1.807, 2.05) is 0 Å². The van der Waals surface area contributed by atoms with Crippen molar-refractivity contribution in [1.29, 1.82) is 0 Å². The first-order valence-corrected chi connectivity index (χ1v) is 8.18. The lowest BCUT2D eigenvalue weighted by Crippen LogP contribution is -2.32. The molecule has 1 aromatic carbocycles. The van der Waals surface area contributed by atoms with Crippen molar-refractivity contribution in [3.63, 3.8) is 0 Å². The normalized spacial score (nSPS) is 17.6. The Bertz CT molecular complexity index is 612. The third kappa shape index (κ3) is 4.53. The molecule has 1 aliphatic rings. The van der Waals surface area contributed by atoms with E-state index in [9.17, 15) is 0 Å². The van der Waals surface area contributed by atoms with Crippen molar-refractivity contribution in [2.75, 3.05) is 12.3 Å². The Morgan fingerprint density at radius 3 is 2.77 bits per heavy atom. The first-order valence-electron chi connectivity index (χ1n) is 7.37. The number of nitrogens with two attached hydrogens (primary N) is 1. The predicted octanol–water partition coefficient (Wildman–Crippen LogP) is 3.31. The molecule has 2 aromatic rings. The summed E-state index contributed by atoms with van der Waals surface area (Å²) in [7, 11) is 0. The van der Waals surface area contributed by atoms with Crippen LogP contribution in [0.2, 0.25) is 0 Å². The van der Waals surface area contributed by atoms with E-state index in [-0.39, 0.29) is 12.4 Å². The van der Waals surface area contributed by atoms with Gasteiger partial charge in [0.05, 0.1) is 0 Å². The van der Waals surface area contributed by atoms with Gasteiger partial charge in [0.25, 0.3) is 0 Å². The van der Waals surface area contributed by atoms with Crippen molar-refractivity contribution in [2.45, 2.75) is 31.7 Å². The Morgan fingerprint density at radius 1 is 1.23 bits per heavy atom. The molecule has 0 spiro atoms. The van der Waals surface area contributed by atoms with Crippen molar-refractivity contribution in [2.24, 2.45) is 0 Å². The summed E-state index contributed by atoms with van der Waals surface area (Å²) in [6, 6.07) is 11.2. The van der Waals surface area contributed by atoms with E-state index >= 15 is 0 Å². The van der Waals surface area contributed by atoms with Crippen LogP contribution in [0.1, 0.15) is 29.8 Å². The first-order chi connectivity index (χ1) is 10.3. The molecule has 4 nitrogen and oxygen atoms in total. The van der Waals surface area contributed by atoms with Crippen LogP contribution in [0.5, 0.6) is 0 Å². The maximum atomic E-state index is 5.60. The van der Waals surface area contributed by atoms with E-state index in [1.165, 1.54) is 22.5 Å². The third-order valence-corrected chi connectivity index (χ3v) is 4.60. The van der Waals surface area contributed by atoms with Gasteiger partial charge in [0.1, 0.15) is 5.01 Å². The van der Waals surface area contributed by atoms with Gasteiger partial charge in [-0.1, -0.05) is 47.7 Å². The Morgan fingerprint density at radius 2 is 2.05 bits per heavy atom. The minimum absolute atomic E-state index is 0. The van der Waals surface area contributed by atoms with Crippen LogP contribution in [-0.4, -0.2) is 22.8 Å². The summed E-state index contributed by atoms with van der Waals surface area (Å²) in [6.07, 6.45) is 6.65. The topological polar surface area (TPSA) is 63.8 Å². The van der Waals surface area contributed by atoms with Crippen LogP contribution in [0, 0.1) is 0 Å². The minimum atomic E-state index is 0. The number of halogens is 1. The zero-order valence-electron chi connectivity index (χ0n) is 12.4. The largest absolute Gasteiger partial charge is 0.374 e. The van der Waals surface area contributed by atoms with Gasteiger partial charge in [0.2, 0.25) is 5.13 Å². The van der Waals surface area contributed by atoms with Crippen molar-refractivity contribution < 1.29 is 0 Å². The highest BCUT2D eigenvalue weighted by Crippen LogP contribution is 2.24. The van der Waals surface area contributed by atoms with Gasteiger partial charge in [-0.15, -0.1) is 22.6 Å². The van der Waals surface area contributed by atoms with Crippen LogP contribution in [0.3, 0.4) is 0 Å². The van der Waals surface area contributed by atoms with Crippen LogP contribution >= 0.6 is 23.7 Å². The summed E-state index contributed by atoms with van der Waals surface area (Å²) in [4.78, 5) is 0. The number of rotatable bonds is 5. The molecule has 1 atom stereocenters. The first kappa shape index (κ1) is 16.9. The van der Waals surface area contributed by atoms with E-state index in [1.54, 1.807) is 0 Å². The molecule has 3 N–H and O–H groups in total. The number of aryl methyl sites for hydroxylation is 1. The molecule has 0 saturated heterocycles. The number of nitrogens with one attached hydrogen (secondary N) is 1. The lowest BCUT2D eigenvalue weighted by atomic mass is 9.93. The van der Waals surface area contributed by atoms with E-state index in [0.717, 1.165) is 37.2 Å². The second-order valence-corrected chi connectivity index (χ2v) is 6.42. The van der Waals surface area contributed by atoms with Crippen molar-refractivity contribution in [3.8, 4) is 0 Å². The van der Waals surface area contributed by atoms with Crippen LogP contribution in [0.15, 0.2) is 36.4 Å². The number of aromatic nitrogens is 2. The fraction of sp³-hybridized carbons (Fsp3) is 0.375. The average Bonchev–Trinajstić information content (AvgIpc) is 2.94. The molecule has 0 bridgehead atoms. The Balaban J connectivity index is 0.00000176. The summed E-state index contributed by atoms with van der Waals surface area (Å²) in [5.74, 6) is 0. The minimum Gasteiger partial charge on any atom is -0.374 e. The quantitative estimate of drug-likeness (QED) is 0.879. The van der Waals surface area contributed by atoms with Crippen LogP contribution in [-0.2, 0) is 6.42 Å². The molecule has 0 fully saturated rings. The number of anilines is 1. The smallest absolute Gasteiger partial charge is 0.203 e. The number of benzene rings is 1. The molecule has 1 unspecified atom stereocenters. The molecular weight excluding hydrogens is 316 g/mol. The van der Waals surface area contributed by atoms with Crippen LogP contribution < -0.4 is 11.1 Å². The standard InChI is InChI=1S/C16H20N4S.ClH/c17-16-20-19-15(21-16)8-4-7-14-11-13(9-10-18-14)12-5-2-1-3-6-12;/h1-3,5-6,9,14,18H,4,7-8,10-11H2,(H2,17,20);1H. The van der Waals surface area contributed by atoms with Gasteiger partial charge in [-0.2, -0.15) is 0 Å². The third-order valence-electron chi connectivity index (χ3n) is 3.79. The maximum absolute atomic E-state index is 5.60. The number of nitrogens with zero attached hydrogens (tertiary/aromatic N) is 2. The molecule has 0 radical (unpaired) electrons. The number of nitrogen functional groups attached to an aromatic ring is 1. The van der Waals surface area contributed by atoms with Gasteiger partial charge in [0, 0.05) is 19.0 Å². The van der Waals surface area contributed by atoms with Crippen molar-refractivity contribution >= 4 is 34.4 Å². The van der Waals surface area contributed by atoms with Gasteiger partial charge >= 0.3 is 0 Å². The van der Waals surface area contributed by atoms with Gasteiger partial charge < -0.3 is 11.1 Å². The van der Waals surface area contributed by atoms with E-state index in [0.29, 0.717) is 11.2 Å². The number of hydrogen-bond acceptors (Lipinski definition) is 5. The molecule has 22 heavy (non-hydrogen) atoms. The molecule has 2 heterocycles. The van der Waals surface area contributed by atoms with Crippen molar-refractivity contribution in [3.05, 3.63) is 47.0 Å². The second kappa shape index (κ2) is 8.27. The Labute approximate surface area is 141 Å².